The summed E-state index contributed by atoms with van der Waals surface area (Å²) in [5.74, 6) is -0.00234. The lowest BCUT2D eigenvalue weighted by atomic mass is 10.2. The number of benzene rings is 2. The number of rotatable bonds is 8. The molecule has 2 amide bonds. The van der Waals surface area contributed by atoms with Crippen molar-refractivity contribution >= 4 is 29.2 Å². The molecule has 1 aliphatic rings. The van der Waals surface area contributed by atoms with Gasteiger partial charge in [0.1, 0.15) is 5.75 Å². The molecule has 152 valence electrons. The van der Waals surface area contributed by atoms with Crippen LogP contribution in [0.25, 0.3) is 0 Å². The molecule has 2 aromatic carbocycles. The maximum absolute atomic E-state index is 12.3. The van der Waals surface area contributed by atoms with E-state index in [1.54, 1.807) is 48.5 Å². The summed E-state index contributed by atoms with van der Waals surface area (Å²) < 4.78 is 10.4. The van der Waals surface area contributed by atoms with Gasteiger partial charge in [0.2, 0.25) is 0 Å². The van der Waals surface area contributed by atoms with Crippen molar-refractivity contribution in [3.8, 4) is 5.75 Å². The molecule has 0 radical (unpaired) electrons. The van der Waals surface area contributed by atoms with Crippen molar-refractivity contribution < 1.29 is 23.9 Å². The minimum Gasteiger partial charge on any atom is -0.494 e. The van der Waals surface area contributed by atoms with Gasteiger partial charge < -0.3 is 20.1 Å². The van der Waals surface area contributed by atoms with Crippen molar-refractivity contribution in [2.45, 2.75) is 20.3 Å². The maximum Gasteiger partial charge on any atom is 0.309 e. The minimum atomic E-state index is -0.418. The van der Waals surface area contributed by atoms with Crippen LogP contribution >= 0.6 is 0 Å². The lowest BCUT2D eigenvalue weighted by Gasteiger charge is -2.09. The topological polar surface area (TPSA) is 93.7 Å². The van der Waals surface area contributed by atoms with Gasteiger partial charge in [-0.15, -0.1) is 0 Å². The third kappa shape index (κ3) is 5.81. The van der Waals surface area contributed by atoms with E-state index in [4.69, 9.17) is 9.47 Å². The normalized spacial score (nSPS) is 17.2. The number of carbonyl (C=O) groups excluding carboxylic acids is 3. The summed E-state index contributed by atoms with van der Waals surface area (Å²) in [7, 11) is 0. The SMILES string of the molecule is CCOc1ccc(NC(=O)c2ccc(NC(=O)COC(=O)[C@H]3C[C@H]3C)cc2)cc1. The second kappa shape index (κ2) is 9.23. The molecule has 2 N–H and O–H groups in total. The second-order valence-corrected chi connectivity index (χ2v) is 6.96. The first-order chi connectivity index (χ1) is 14.0. The molecule has 7 heteroatoms. The predicted octanol–water partition coefficient (Wildman–Crippen LogP) is 3.48. The van der Waals surface area contributed by atoms with E-state index in [9.17, 15) is 14.4 Å². The van der Waals surface area contributed by atoms with Gasteiger partial charge in [-0.3, -0.25) is 14.4 Å². The fraction of sp³-hybridized carbons (Fsp3) is 0.318. The molecule has 1 saturated carbocycles. The van der Waals surface area contributed by atoms with E-state index in [0.717, 1.165) is 12.2 Å². The summed E-state index contributed by atoms with van der Waals surface area (Å²) in [5.41, 5.74) is 1.62. The summed E-state index contributed by atoms with van der Waals surface area (Å²) in [4.78, 5) is 35.9. The third-order valence-corrected chi connectivity index (χ3v) is 4.61. The molecule has 0 unspecified atom stereocenters. The van der Waals surface area contributed by atoms with Crippen LogP contribution in [0.2, 0.25) is 0 Å². The molecule has 2 atom stereocenters. The van der Waals surface area contributed by atoms with Gasteiger partial charge in [-0.05, 0) is 67.8 Å². The largest absolute Gasteiger partial charge is 0.494 e. The molecule has 0 saturated heterocycles. The summed E-state index contributed by atoms with van der Waals surface area (Å²) in [5, 5.41) is 5.44. The number of ether oxygens (including phenoxy) is 2. The molecular formula is C22H24N2O5. The molecule has 0 aromatic heterocycles. The lowest BCUT2D eigenvalue weighted by molar-refractivity contribution is -0.148. The van der Waals surface area contributed by atoms with Gasteiger partial charge in [-0.2, -0.15) is 0 Å². The molecule has 7 nitrogen and oxygen atoms in total. The van der Waals surface area contributed by atoms with Crippen molar-refractivity contribution in [2.75, 3.05) is 23.8 Å². The number of amides is 2. The van der Waals surface area contributed by atoms with Crippen LogP contribution in [0, 0.1) is 11.8 Å². The van der Waals surface area contributed by atoms with Crippen LogP contribution in [-0.2, 0) is 14.3 Å². The number of carbonyl (C=O) groups is 3. The van der Waals surface area contributed by atoms with Crippen LogP contribution in [-0.4, -0.2) is 31.0 Å². The summed E-state index contributed by atoms with van der Waals surface area (Å²) in [6, 6.07) is 13.6. The Morgan fingerprint density at radius 3 is 2.14 bits per heavy atom. The van der Waals surface area contributed by atoms with Gasteiger partial charge in [0, 0.05) is 16.9 Å². The highest BCUT2D eigenvalue weighted by atomic mass is 16.5. The first-order valence-electron chi connectivity index (χ1n) is 9.57. The highest BCUT2D eigenvalue weighted by Crippen LogP contribution is 2.38. The first kappa shape index (κ1) is 20.4. The van der Waals surface area contributed by atoms with Gasteiger partial charge in [-0.25, -0.2) is 0 Å². The summed E-state index contributed by atoms with van der Waals surface area (Å²) in [6.45, 7) is 4.14. The van der Waals surface area contributed by atoms with E-state index in [0.29, 0.717) is 29.5 Å². The van der Waals surface area contributed by atoms with Crippen molar-refractivity contribution in [2.24, 2.45) is 11.8 Å². The zero-order valence-electron chi connectivity index (χ0n) is 16.4. The molecule has 0 spiro atoms. The summed E-state index contributed by atoms with van der Waals surface area (Å²) in [6.07, 6.45) is 0.820. The smallest absolute Gasteiger partial charge is 0.309 e. The Balaban J connectivity index is 1.47. The number of anilines is 2. The average Bonchev–Trinajstić information content (AvgIpc) is 3.45. The zero-order valence-corrected chi connectivity index (χ0v) is 16.4. The van der Waals surface area contributed by atoms with E-state index in [1.165, 1.54) is 0 Å². The fourth-order valence-corrected chi connectivity index (χ4v) is 2.80. The number of hydrogen-bond donors (Lipinski definition) is 2. The molecule has 1 aliphatic carbocycles. The van der Waals surface area contributed by atoms with Crippen LogP contribution in [0.4, 0.5) is 11.4 Å². The monoisotopic (exact) mass is 396 g/mol. The zero-order chi connectivity index (χ0) is 20.8. The fourth-order valence-electron chi connectivity index (χ4n) is 2.80. The van der Waals surface area contributed by atoms with Gasteiger partial charge in [0.15, 0.2) is 6.61 Å². The summed E-state index contributed by atoms with van der Waals surface area (Å²) >= 11 is 0. The van der Waals surface area contributed by atoms with E-state index in [1.807, 2.05) is 13.8 Å². The Morgan fingerprint density at radius 2 is 1.55 bits per heavy atom. The van der Waals surface area contributed by atoms with Crippen LogP contribution in [0.3, 0.4) is 0 Å². The highest BCUT2D eigenvalue weighted by Gasteiger charge is 2.40. The molecule has 2 aromatic rings. The van der Waals surface area contributed by atoms with E-state index >= 15 is 0 Å². The lowest BCUT2D eigenvalue weighted by Crippen LogP contribution is -2.21. The van der Waals surface area contributed by atoms with Gasteiger partial charge in [-0.1, -0.05) is 6.92 Å². The Labute approximate surface area is 169 Å². The second-order valence-electron chi connectivity index (χ2n) is 6.96. The quantitative estimate of drug-likeness (QED) is 0.667. The molecule has 3 rings (SSSR count). The predicted molar refractivity (Wildman–Crippen MR) is 109 cm³/mol. The Morgan fingerprint density at radius 1 is 0.966 bits per heavy atom. The molecule has 0 heterocycles. The standard InChI is InChI=1S/C22H24N2O5/c1-3-28-18-10-8-17(9-11-18)24-21(26)15-4-6-16(7-5-15)23-20(25)13-29-22(27)19-12-14(19)2/h4-11,14,19H,3,12-13H2,1-2H3,(H,23,25)(H,24,26)/t14-,19+/m1/s1. The van der Waals surface area contributed by atoms with E-state index in [-0.39, 0.29) is 24.4 Å². The maximum atomic E-state index is 12.3. The van der Waals surface area contributed by atoms with Crippen molar-refractivity contribution in [3.63, 3.8) is 0 Å². The molecule has 0 aliphatic heterocycles. The number of nitrogens with one attached hydrogen (secondary N) is 2. The Kier molecular flexibility index (Phi) is 6.49. The van der Waals surface area contributed by atoms with Crippen molar-refractivity contribution in [1.82, 2.24) is 0 Å². The molecular weight excluding hydrogens is 372 g/mol. The third-order valence-electron chi connectivity index (χ3n) is 4.61. The van der Waals surface area contributed by atoms with Crippen LogP contribution in [0.1, 0.15) is 30.6 Å². The van der Waals surface area contributed by atoms with Gasteiger partial charge in [0.25, 0.3) is 11.8 Å². The molecule has 0 bridgehead atoms. The molecule has 1 fully saturated rings. The highest BCUT2D eigenvalue weighted by molar-refractivity contribution is 6.04. The van der Waals surface area contributed by atoms with Crippen LogP contribution in [0.15, 0.2) is 48.5 Å². The van der Waals surface area contributed by atoms with Gasteiger partial charge in [0.05, 0.1) is 12.5 Å². The van der Waals surface area contributed by atoms with Gasteiger partial charge >= 0.3 is 5.97 Å². The minimum absolute atomic E-state index is 0.0732. The number of hydrogen-bond acceptors (Lipinski definition) is 5. The van der Waals surface area contributed by atoms with E-state index in [2.05, 4.69) is 10.6 Å². The van der Waals surface area contributed by atoms with E-state index < -0.39 is 5.91 Å². The Hall–Kier alpha value is -3.35. The van der Waals surface area contributed by atoms with Crippen LogP contribution in [0.5, 0.6) is 5.75 Å². The first-order valence-corrected chi connectivity index (χ1v) is 9.57. The average molecular weight is 396 g/mol. The van der Waals surface area contributed by atoms with Crippen LogP contribution < -0.4 is 15.4 Å². The van der Waals surface area contributed by atoms with Crippen molar-refractivity contribution in [3.05, 3.63) is 54.1 Å². The number of esters is 1. The molecule has 29 heavy (non-hydrogen) atoms. The van der Waals surface area contributed by atoms with Crippen molar-refractivity contribution in [1.29, 1.82) is 0 Å². The Bertz CT molecular complexity index is 877.